The highest BCUT2D eigenvalue weighted by atomic mass is 15.6. The summed E-state index contributed by atoms with van der Waals surface area (Å²) in [5.41, 5.74) is 8.87. The van der Waals surface area contributed by atoms with E-state index in [9.17, 15) is 0 Å². The summed E-state index contributed by atoms with van der Waals surface area (Å²) in [4.78, 5) is 12.4. The van der Waals surface area contributed by atoms with Gasteiger partial charge in [-0.05, 0) is 38.5 Å². The molecule has 0 bridgehead atoms. The van der Waals surface area contributed by atoms with E-state index in [1.165, 1.54) is 0 Å². The number of fused-ring (bicyclic) bond motifs is 1. The molecule has 2 heterocycles. The Balaban J connectivity index is 2.02. The molecule has 0 saturated heterocycles. The average molecular weight is 280 g/mol. The lowest BCUT2D eigenvalue weighted by Gasteiger charge is -2.25. The van der Waals surface area contributed by atoms with E-state index in [-0.39, 0.29) is 0 Å². The van der Waals surface area contributed by atoms with Crippen molar-refractivity contribution in [3.05, 3.63) is 35.2 Å². The number of nitrogens with two attached hydrogens (primary N) is 1. The van der Waals surface area contributed by atoms with E-state index in [0.29, 0.717) is 17.5 Å². The highest BCUT2D eigenvalue weighted by molar-refractivity contribution is 6.12. The fraction of sp³-hybridized carbons (Fsp3) is 0.333. The molecule has 21 heavy (non-hydrogen) atoms. The molecule has 106 valence electrons. The maximum absolute atomic E-state index is 7.08. The number of guanidine groups is 1. The first-order chi connectivity index (χ1) is 9.94. The Morgan fingerprint density at radius 3 is 2.86 bits per heavy atom. The molecule has 0 radical (unpaired) electrons. The maximum Gasteiger partial charge on any atom is 0.219 e. The number of rotatable bonds is 1. The molecule has 0 amide bonds. The lowest BCUT2D eigenvalue weighted by Crippen LogP contribution is -2.45. The summed E-state index contributed by atoms with van der Waals surface area (Å²) < 4.78 is 0. The molecule has 0 aromatic heterocycles. The number of nitrogens with zero attached hydrogens (tertiary/aromatic N) is 5. The molecular formula is C15H16N6. The van der Waals surface area contributed by atoms with Gasteiger partial charge < -0.3 is 5.73 Å². The highest BCUT2D eigenvalue weighted by Gasteiger charge is 2.48. The van der Waals surface area contributed by atoms with Gasteiger partial charge in [-0.25, -0.2) is 14.8 Å². The average Bonchev–Trinajstić information content (AvgIpc) is 2.84. The zero-order valence-corrected chi connectivity index (χ0v) is 12.3. The molecule has 0 aliphatic carbocycles. The summed E-state index contributed by atoms with van der Waals surface area (Å²) in [5.74, 6) is 1.04. The van der Waals surface area contributed by atoms with Crippen molar-refractivity contribution in [1.29, 1.82) is 0 Å². The van der Waals surface area contributed by atoms with E-state index in [1.807, 2.05) is 32.9 Å². The van der Waals surface area contributed by atoms with Gasteiger partial charge in [0, 0.05) is 12.1 Å². The maximum atomic E-state index is 7.08. The smallest absolute Gasteiger partial charge is 0.219 e. The Morgan fingerprint density at radius 1 is 1.43 bits per heavy atom. The van der Waals surface area contributed by atoms with E-state index in [4.69, 9.17) is 12.3 Å². The van der Waals surface area contributed by atoms with Crippen LogP contribution in [-0.4, -0.2) is 28.1 Å². The number of aryl methyl sites for hydroxylation is 1. The lowest BCUT2D eigenvalue weighted by atomic mass is 9.96. The van der Waals surface area contributed by atoms with Crippen molar-refractivity contribution in [1.82, 2.24) is 5.01 Å². The van der Waals surface area contributed by atoms with Gasteiger partial charge in [0.15, 0.2) is 11.5 Å². The normalized spacial score (nSPS) is 25.6. The van der Waals surface area contributed by atoms with E-state index in [1.54, 1.807) is 11.1 Å². The fourth-order valence-corrected chi connectivity index (χ4v) is 2.75. The molecule has 2 aliphatic rings. The van der Waals surface area contributed by atoms with Crippen molar-refractivity contribution < 1.29 is 0 Å². The third-order valence-electron chi connectivity index (χ3n) is 3.79. The van der Waals surface area contributed by atoms with Gasteiger partial charge in [0.2, 0.25) is 5.96 Å². The molecule has 2 N–H and O–H groups in total. The van der Waals surface area contributed by atoms with Gasteiger partial charge in [-0.15, -0.1) is 0 Å². The quantitative estimate of drug-likeness (QED) is 0.803. The van der Waals surface area contributed by atoms with Gasteiger partial charge in [0.25, 0.3) is 0 Å². The predicted octanol–water partition coefficient (Wildman–Crippen LogP) is 2.74. The second kappa shape index (κ2) is 4.42. The van der Waals surface area contributed by atoms with Crippen molar-refractivity contribution in [3.63, 3.8) is 0 Å². The van der Waals surface area contributed by atoms with Crippen LogP contribution in [0, 0.1) is 13.5 Å². The molecule has 6 heteroatoms. The molecule has 0 fully saturated rings. The van der Waals surface area contributed by atoms with E-state index in [0.717, 1.165) is 23.4 Å². The van der Waals surface area contributed by atoms with Crippen LogP contribution in [-0.2, 0) is 0 Å². The van der Waals surface area contributed by atoms with Gasteiger partial charge in [-0.1, -0.05) is 6.07 Å². The van der Waals surface area contributed by atoms with Gasteiger partial charge >= 0.3 is 0 Å². The topological polar surface area (TPSA) is 70.7 Å². The Hall–Kier alpha value is -2.68. The van der Waals surface area contributed by atoms with Crippen LogP contribution in [0.4, 0.5) is 11.4 Å². The molecule has 2 aliphatic heterocycles. The fourth-order valence-electron chi connectivity index (χ4n) is 2.75. The Morgan fingerprint density at radius 2 is 2.19 bits per heavy atom. The minimum absolute atomic E-state index is 0.377. The summed E-state index contributed by atoms with van der Waals surface area (Å²) in [6, 6.07) is 5.49. The van der Waals surface area contributed by atoms with Crippen LogP contribution in [0.15, 0.2) is 33.3 Å². The third kappa shape index (κ3) is 1.98. The number of hydrogen-bond acceptors (Lipinski definition) is 4. The summed E-state index contributed by atoms with van der Waals surface area (Å²) in [6.07, 6.45) is 0.759. The zero-order valence-electron chi connectivity index (χ0n) is 12.3. The SMILES string of the molecule is [C-]#[N+]c1ccc(N=C2N=C(N)N3N=C(C)CC23C)cc1C. The zero-order chi connectivity index (χ0) is 15.2. The monoisotopic (exact) mass is 280 g/mol. The van der Waals surface area contributed by atoms with Crippen LogP contribution in [0.1, 0.15) is 25.8 Å². The minimum Gasteiger partial charge on any atom is -0.368 e. The van der Waals surface area contributed by atoms with Crippen molar-refractivity contribution in [2.45, 2.75) is 32.7 Å². The number of amidine groups is 1. The van der Waals surface area contributed by atoms with Gasteiger partial charge in [0.1, 0.15) is 5.54 Å². The Labute approximate surface area is 123 Å². The second-order valence-corrected chi connectivity index (χ2v) is 5.59. The van der Waals surface area contributed by atoms with Crippen LogP contribution < -0.4 is 5.73 Å². The summed E-state index contributed by atoms with van der Waals surface area (Å²) in [6.45, 7) is 13.0. The van der Waals surface area contributed by atoms with Crippen molar-refractivity contribution in [2.24, 2.45) is 20.8 Å². The predicted molar refractivity (Wildman–Crippen MR) is 84.1 cm³/mol. The summed E-state index contributed by atoms with van der Waals surface area (Å²) in [7, 11) is 0. The second-order valence-electron chi connectivity index (χ2n) is 5.59. The van der Waals surface area contributed by atoms with Crippen LogP contribution >= 0.6 is 0 Å². The molecule has 1 atom stereocenters. The molecule has 1 unspecified atom stereocenters. The highest BCUT2D eigenvalue weighted by Crippen LogP contribution is 2.35. The number of hydrogen-bond donors (Lipinski definition) is 1. The van der Waals surface area contributed by atoms with Gasteiger partial charge in [-0.2, -0.15) is 10.1 Å². The molecule has 0 spiro atoms. The first-order valence-electron chi connectivity index (χ1n) is 6.70. The molecule has 6 nitrogen and oxygen atoms in total. The van der Waals surface area contributed by atoms with Crippen LogP contribution in [0.25, 0.3) is 4.85 Å². The Bertz CT molecular complexity index is 752. The Kier molecular flexibility index (Phi) is 2.80. The van der Waals surface area contributed by atoms with Gasteiger partial charge in [0.05, 0.1) is 12.3 Å². The number of benzene rings is 1. The third-order valence-corrected chi connectivity index (χ3v) is 3.79. The van der Waals surface area contributed by atoms with E-state index in [2.05, 4.69) is 19.9 Å². The number of hydrazone groups is 1. The number of aliphatic imine (C=N–C) groups is 2. The first kappa shape index (κ1) is 13.3. The molecule has 1 aromatic rings. The molecule has 0 saturated carbocycles. The molecule has 1 aromatic carbocycles. The van der Waals surface area contributed by atoms with E-state index < -0.39 is 5.54 Å². The minimum atomic E-state index is -0.402. The summed E-state index contributed by atoms with van der Waals surface area (Å²) >= 11 is 0. The largest absolute Gasteiger partial charge is 0.368 e. The van der Waals surface area contributed by atoms with Crippen LogP contribution in [0.3, 0.4) is 0 Å². The van der Waals surface area contributed by atoms with Gasteiger partial charge in [-0.3, -0.25) is 0 Å². The van der Waals surface area contributed by atoms with Crippen LogP contribution in [0.5, 0.6) is 0 Å². The lowest BCUT2D eigenvalue weighted by molar-refractivity contribution is 0.328. The van der Waals surface area contributed by atoms with Crippen molar-refractivity contribution >= 4 is 28.9 Å². The standard InChI is InChI=1S/C15H16N6/c1-9-7-11(5-6-12(9)17-4)18-13-15(3)8-10(2)20-21(15)14(16)19-13/h5-7H,8H2,1-3H3,(H2,16,18,19). The molecule has 3 rings (SSSR count). The molecular weight excluding hydrogens is 264 g/mol. The summed E-state index contributed by atoms with van der Waals surface area (Å²) in [5, 5.41) is 6.15. The van der Waals surface area contributed by atoms with Crippen molar-refractivity contribution in [3.8, 4) is 0 Å². The van der Waals surface area contributed by atoms with Crippen LogP contribution in [0.2, 0.25) is 0 Å². The van der Waals surface area contributed by atoms with E-state index >= 15 is 0 Å². The first-order valence-corrected chi connectivity index (χ1v) is 6.70. The van der Waals surface area contributed by atoms with Crippen molar-refractivity contribution in [2.75, 3.05) is 0 Å².